The van der Waals surface area contributed by atoms with Gasteiger partial charge in [0.25, 0.3) is 0 Å². The van der Waals surface area contributed by atoms with Crippen molar-refractivity contribution < 1.29 is 28.9 Å². The molecule has 0 radical (unpaired) electrons. The lowest BCUT2D eigenvalue weighted by molar-refractivity contribution is -0.152. The number of fused-ring (bicyclic) bond motifs is 1. The van der Waals surface area contributed by atoms with Crippen molar-refractivity contribution in [3.8, 4) is 5.75 Å². The van der Waals surface area contributed by atoms with Gasteiger partial charge < -0.3 is 19.3 Å². The molecule has 1 heterocycles. The van der Waals surface area contributed by atoms with Gasteiger partial charge in [-0.15, -0.1) is 0 Å². The second kappa shape index (κ2) is 6.81. The minimum absolute atomic E-state index is 0.442. The minimum Gasteiger partial charge on any atom is -0.496 e. The van der Waals surface area contributed by atoms with Crippen LogP contribution in [0.2, 0.25) is 0 Å². The molecule has 7 heteroatoms. The molecule has 1 unspecified atom stereocenters. The van der Waals surface area contributed by atoms with Gasteiger partial charge in [-0.05, 0) is 58.2 Å². The third-order valence-corrected chi connectivity index (χ3v) is 5.15. The van der Waals surface area contributed by atoms with Crippen molar-refractivity contribution in [3.05, 3.63) is 29.5 Å². The average Bonchev–Trinajstić information content (AvgIpc) is 3.31. The third-order valence-electron chi connectivity index (χ3n) is 5.15. The molecule has 1 N–H and O–H groups in total. The number of aromatic nitrogens is 1. The van der Waals surface area contributed by atoms with Crippen molar-refractivity contribution in [1.29, 1.82) is 0 Å². The normalized spacial score (nSPS) is 16.5. The Bertz CT molecular complexity index is 932. The molecule has 0 aliphatic heterocycles. The summed E-state index contributed by atoms with van der Waals surface area (Å²) < 4.78 is 17.3. The Kier molecular flexibility index (Phi) is 4.91. The van der Waals surface area contributed by atoms with E-state index in [9.17, 15) is 14.7 Å². The topological polar surface area (TPSA) is 87.0 Å². The molecule has 1 aliphatic rings. The SMILES string of the molecule is COC(=O)C1(C(O)c2c(OC)cc(C)c3c2ccn3C(=O)OC(C)(C)C)CC1. The van der Waals surface area contributed by atoms with E-state index in [1.807, 2.05) is 6.92 Å². The zero-order valence-electron chi connectivity index (χ0n) is 17.2. The van der Waals surface area contributed by atoms with Crippen LogP contribution in [-0.2, 0) is 14.3 Å². The number of aliphatic hydroxyl groups excluding tert-OH is 1. The van der Waals surface area contributed by atoms with Crippen molar-refractivity contribution in [1.82, 2.24) is 4.57 Å². The van der Waals surface area contributed by atoms with Crippen molar-refractivity contribution in [2.75, 3.05) is 14.2 Å². The first-order chi connectivity index (χ1) is 13.1. The van der Waals surface area contributed by atoms with Gasteiger partial charge >= 0.3 is 12.1 Å². The molecule has 0 spiro atoms. The summed E-state index contributed by atoms with van der Waals surface area (Å²) in [7, 11) is 2.83. The van der Waals surface area contributed by atoms with E-state index in [1.165, 1.54) is 18.8 Å². The number of hydrogen-bond donors (Lipinski definition) is 1. The number of methoxy groups -OCH3 is 2. The predicted octanol–water partition coefficient (Wildman–Crippen LogP) is 3.73. The molecule has 1 aromatic carbocycles. The van der Waals surface area contributed by atoms with Crippen molar-refractivity contribution in [3.63, 3.8) is 0 Å². The van der Waals surface area contributed by atoms with Gasteiger partial charge in [-0.1, -0.05) is 0 Å². The number of hydrogen-bond acceptors (Lipinski definition) is 6. The van der Waals surface area contributed by atoms with Crippen LogP contribution in [0.5, 0.6) is 5.75 Å². The number of nitrogens with zero attached hydrogens (tertiary/aromatic N) is 1. The molecule has 1 atom stereocenters. The van der Waals surface area contributed by atoms with Gasteiger partial charge in [-0.3, -0.25) is 9.36 Å². The summed E-state index contributed by atoms with van der Waals surface area (Å²) in [4.78, 5) is 24.9. The monoisotopic (exact) mass is 389 g/mol. The maximum absolute atomic E-state index is 12.7. The molecule has 1 aliphatic carbocycles. The molecule has 2 aromatic rings. The lowest BCUT2D eigenvalue weighted by Gasteiger charge is -2.24. The average molecular weight is 389 g/mol. The van der Waals surface area contributed by atoms with E-state index in [0.717, 1.165) is 5.56 Å². The molecule has 1 aromatic heterocycles. The summed E-state index contributed by atoms with van der Waals surface area (Å²) in [6.45, 7) is 7.26. The smallest absolute Gasteiger partial charge is 0.419 e. The van der Waals surface area contributed by atoms with Crippen LogP contribution in [0.4, 0.5) is 4.79 Å². The number of rotatable bonds is 4. The quantitative estimate of drug-likeness (QED) is 0.802. The number of aryl methyl sites for hydroxylation is 1. The second-order valence-corrected chi connectivity index (χ2v) is 8.29. The maximum atomic E-state index is 12.7. The Balaban J connectivity index is 2.17. The van der Waals surface area contributed by atoms with Gasteiger partial charge in [0.05, 0.1) is 31.3 Å². The Hall–Kier alpha value is -2.54. The number of carbonyl (C=O) groups excluding carboxylic acids is 2. The fourth-order valence-electron chi connectivity index (χ4n) is 3.65. The van der Waals surface area contributed by atoms with E-state index in [4.69, 9.17) is 14.2 Å². The van der Waals surface area contributed by atoms with Crippen LogP contribution < -0.4 is 4.74 Å². The molecular formula is C21H27NO6. The highest BCUT2D eigenvalue weighted by molar-refractivity contribution is 5.96. The highest BCUT2D eigenvalue weighted by Crippen LogP contribution is 2.58. The molecule has 0 bridgehead atoms. The maximum Gasteiger partial charge on any atom is 0.419 e. The van der Waals surface area contributed by atoms with Gasteiger partial charge in [-0.2, -0.15) is 0 Å². The molecule has 0 amide bonds. The van der Waals surface area contributed by atoms with E-state index >= 15 is 0 Å². The number of aliphatic hydroxyl groups is 1. The van der Waals surface area contributed by atoms with Crippen molar-refractivity contribution in [2.45, 2.75) is 52.2 Å². The zero-order chi connectivity index (χ0) is 20.9. The van der Waals surface area contributed by atoms with Crippen LogP contribution in [0, 0.1) is 12.3 Å². The highest BCUT2D eigenvalue weighted by atomic mass is 16.6. The van der Waals surface area contributed by atoms with Gasteiger partial charge in [0.15, 0.2) is 0 Å². The van der Waals surface area contributed by atoms with Crippen LogP contribution in [0.15, 0.2) is 18.3 Å². The number of carbonyl (C=O) groups is 2. The van der Waals surface area contributed by atoms with E-state index in [0.29, 0.717) is 35.1 Å². The molecule has 1 saturated carbocycles. The summed E-state index contributed by atoms with van der Waals surface area (Å²) in [6, 6.07) is 3.50. The summed E-state index contributed by atoms with van der Waals surface area (Å²) in [5.74, 6) is 0.0250. The van der Waals surface area contributed by atoms with E-state index in [-0.39, 0.29) is 0 Å². The Morgan fingerprint density at radius 3 is 2.39 bits per heavy atom. The van der Waals surface area contributed by atoms with E-state index in [2.05, 4.69) is 0 Å². The standard InChI is InChI=1S/C21H27NO6/c1-12-11-14(26-5)15(17(23)21(8-9-21)18(24)27-6)13-7-10-22(16(12)13)19(25)28-20(2,3)4/h7,10-11,17,23H,8-9H2,1-6H3. The molecule has 1 fully saturated rings. The largest absolute Gasteiger partial charge is 0.496 e. The van der Waals surface area contributed by atoms with Gasteiger partial charge in [-0.25, -0.2) is 4.79 Å². The van der Waals surface area contributed by atoms with Gasteiger partial charge in [0, 0.05) is 17.1 Å². The number of ether oxygens (including phenoxy) is 3. The Morgan fingerprint density at radius 1 is 1.25 bits per heavy atom. The Morgan fingerprint density at radius 2 is 1.89 bits per heavy atom. The van der Waals surface area contributed by atoms with Crippen molar-refractivity contribution in [2.24, 2.45) is 5.41 Å². The molecule has 0 saturated heterocycles. The van der Waals surface area contributed by atoms with Crippen LogP contribution in [0.1, 0.15) is 50.8 Å². The second-order valence-electron chi connectivity index (χ2n) is 8.29. The van der Waals surface area contributed by atoms with Crippen LogP contribution >= 0.6 is 0 Å². The number of esters is 1. The summed E-state index contributed by atoms with van der Waals surface area (Å²) in [5.41, 5.74) is 0.275. The molecule has 3 rings (SSSR count). The third kappa shape index (κ3) is 3.24. The Labute approximate surface area is 164 Å². The zero-order valence-corrected chi connectivity index (χ0v) is 17.2. The fraction of sp³-hybridized carbons (Fsp3) is 0.524. The first-order valence-electron chi connectivity index (χ1n) is 9.24. The minimum atomic E-state index is -1.10. The van der Waals surface area contributed by atoms with Crippen LogP contribution in [0.25, 0.3) is 10.9 Å². The number of benzene rings is 1. The summed E-state index contributed by atoms with van der Waals surface area (Å²) in [5, 5.41) is 11.8. The fourth-order valence-corrected chi connectivity index (χ4v) is 3.65. The van der Waals surface area contributed by atoms with Gasteiger partial charge in [0.1, 0.15) is 11.4 Å². The highest BCUT2D eigenvalue weighted by Gasteiger charge is 2.58. The van der Waals surface area contributed by atoms with Crippen LogP contribution in [-0.4, -0.2) is 41.6 Å². The molecule has 7 nitrogen and oxygen atoms in total. The summed E-state index contributed by atoms with van der Waals surface area (Å²) in [6.07, 6.45) is 1.06. The first-order valence-corrected chi connectivity index (χ1v) is 9.24. The van der Waals surface area contributed by atoms with E-state index in [1.54, 1.807) is 39.1 Å². The summed E-state index contributed by atoms with van der Waals surface area (Å²) >= 11 is 0. The van der Waals surface area contributed by atoms with Crippen LogP contribution in [0.3, 0.4) is 0 Å². The lowest BCUT2D eigenvalue weighted by atomic mass is 9.89. The van der Waals surface area contributed by atoms with E-state index < -0.39 is 29.2 Å². The predicted molar refractivity (Wildman–Crippen MR) is 104 cm³/mol. The lowest BCUT2D eigenvalue weighted by Crippen LogP contribution is -2.27. The molecule has 152 valence electrons. The first kappa shape index (κ1) is 20.2. The molecular weight excluding hydrogens is 362 g/mol. The van der Waals surface area contributed by atoms with Crippen molar-refractivity contribution >= 4 is 23.0 Å². The molecule has 28 heavy (non-hydrogen) atoms. The van der Waals surface area contributed by atoms with Gasteiger partial charge in [0.2, 0.25) is 0 Å².